The van der Waals surface area contributed by atoms with Crippen LogP contribution >= 0.6 is 11.6 Å². The summed E-state index contributed by atoms with van der Waals surface area (Å²) in [6.45, 7) is 5.50. The molecule has 2 aliphatic heterocycles. The first kappa shape index (κ1) is 24.5. The number of amidine groups is 1. The van der Waals surface area contributed by atoms with Gasteiger partial charge in [-0.2, -0.15) is 0 Å². The molecule has 0 amide bonds. The molecular weight excluding hydrogens is 498 g/mol. The molecule has 1 atom stereocenters. The molecule has 3 aliphatic rings. The SMILES string of the molecule is CC1(C)CC(=O)C2=C(C1)N(c1ccc(S(N)(=O)=O)cc1)C(=N)C(=C1NCCN1)C2c1ccc(Cl)cc1. The summed E-state index contributed by atoms with van der Waals surface area (Å²) in [7, 11) is -3.87. The lowest BCUT2D eigenvalue weighted by Crippen LogP contribution is -2.46. The molecule has 1 saturated heterocycles. The zero-order valence-corrected chi connectivity index (χ0v) is 21.6. The Kier molecular flexibility index (Phi) is 5.97. The van der Waals surface area contributed by atoms with E-state index in [-0.39, 0.29) is 21.9 Å². The van der Waals surface area contributed by atoms with E-state index in [1.165, 1.54) is 12.1 Å². The Morgan fingerprint density at radius 3 is 2.19 bits per heavy atom. The van der Waals surface area contributed by atoms with Gasteiger partial charge in [-0.1, -0.05) is 37.6 Å². The highest BCUT2D eigenvalue weighted by molar-refractivity contribution is 7.89. The third kappa shape index (κ3) is 4.31. The minimum Gasteiger partial charge on any atom is -0.370 e. The van der Waals surface area contributed by atoms with Crippen LogP contribution in [0.1, 0.15) is 38.2 Å². The fourth-order valence-corrected chi connectivity index (χ4v) is 5.96. The van der Waals surface area contributed by atoms with Gasteiger partial charge in [0.2, 0.25) is 10.0 Å². The summed E-state index contributed by atoms with van der Waals surface area (Å²) >= 11 is 6.18. The number of hydrogen-bond acceptors (Lipinski definition) is 6. The molecule has 0 radical (unpaired) electrons. The van der Waals surface area contributed by atoms with Gasteiger partial charge in [0.05, 0.1) is 4.90 Å². The van der Waals surface area contributed by atoms with E-state index in [9.17, 15) is 18.6 Å². The normalized spacial score (nSPS) is 21.9. The first-order valence-electron chi connectivity index (χ1n) is 11.7. The van der Waals surface area contributed by atoms with Crippen molar-refractivity contribution in [2.75, 3.05) is 18.0 Å². The maximum atomic E-state index is 13.8. The maximum Gasteiger partial charge on any atom is 0.238 e. The average molecular weight is 526 g/mol. The van der Waals surface area contributed by atoms with Crippen molar-refractivity contribution < 1.29 is 13.2 Å². The Hall–Kier alpha value is -3.14. The Labute approximate surface area is 215 Å². The molecule has 5 rings (SSSR count). The van der Waals surface area contributed by atoms with Gasteiger partial charge in [0, 0.05) is 53.0 Å². The molecule has 10 heteroatoms. The molecule has 2 aromatic rings. The van der Waals surface area contributed by atoms with Crippen molar-refractivity contribution in [2.24, 2.45) is 10.6 Å². The molecule has 2 heterocycles. The van der Waals surface area contributed by atoms with E-state index in [0.29, 0.717) is 47.8 Å². The third-order valence-corrected chi connectivity index (χ3v) is 8.03. The smallest absolute Gasteiger partial charge is 0.238 e. The summed E-state index contributed by atoms with van der Waals surface area (Å²) in [6, 6.07) is 13.5. The Morgan fingerprint density at radius 1 is 1.00 bits per heavy atom. The van der Waals surface area contributed by atoms with Gasteiger partial charge in [-0.25, -0.2) is 13.6 Å². The predicted octanol–water partition coefficient (Wildman–Crippen LogP) is 3.62. The highest BCUT2D eigenvalue weighted by Gasteiger charge is 2.46. The van der Waals surface area contributed by atoms with Crippen LogP contribution in [-0.2, 0) is 14.8 Å². The number of nitrogens with one attached hydrogen (secondary N) is 3. The second kappa shape index (κ2) is 8.76. The van der Waals surface area contributed by atoms with E-state index in [4.69, 9.17) is 16.7 Å². The minimum atomic E-state index is -3.87. The monoisotopic (exact) mass is 525 g/mol. The largest absolute Gasteiger partial charge is 0.370 e. The van der Waals surface area contributed by atoms with Crippen molar-refractivity contribution in [3.05, 3.63) is 81.8 Å². The van der Waals surface area contributed by atoms with Crippen LogP contribution < -0.4 is 20.7 Å². The quantitative estimate of drug-likeness (QED) is 0.484. The number of nitrogens with zero attached hydrogens (tertiary/aromatic N) is 1. The molecule has 5 N–H and O–H groups in total. The molecule has 0 spiro atoms. The summed E-state index contributed by atoms with van der Waals surface area (Å²) in [5.74, 6) is 0.534. The van der Waals surface area contributed by atoms with Gasteiger partial charge in [0.1, 0.15) is 11.7 Å². The van der Waals surface area contributed by atoms with Crippen molar-refractivity contribution in [3.63, 3.8) is 0 Å². The van der Waals surface area contributed by atoms with Crippen LogP contribution in [0.15, 0.2) is 76.1 Å². The van der Waals surface area contributed by atoms with Gasteiger partial charge < -0.3 is 10.6 Å². The van der Waals surface area contributed by atoms with Crippen molar-refractivity contribution in [1.29, 1.82) is 5.41 Å². The second-order valence-corrected chi connectivity index (χ2v) is 12.1. The summed E-state index contributed by atoms with van der Waals surface area (Å²) in [5.41, 5.74) is 3.25. The molecule has 2 aromatic carbocycles. The summed E-state index contributed by atoms with van der Waals surface area (Å²) in [5, 5.41) is 22.0. The number of rotatable bonds is 3. The van der Waals surface area contributed by atoms with Gasteiger partial charge >= 0.3 is 0 Å². The van der Waals surface area contributed by atoms with Crippen LogP contribution in [0.5, 0.6) is 0 Å². The molecule has 0 saturated carbocycles. The Balaban J connectivity index is 1.78. The van der Waals surface area contributed by atoms with Crippen LogP contribution in [-0.4, -0.2) is 33.1 Å². The molecule has 188 valence electrons. The Bertz CT molecular complexity index is 1420. The van der Waals surface area contributed by atoms with E-state index < -0.39 is 15.9 Å². The van der Waals surface area contributed by atoms with Crippen LogP contribution in [0.4, 0.5) is 5.69 Å². The number of anilines is 1. The molecule has 1 fully saturated rings. The van der Waals surface area contributed by atoms with E-state index in [2.05, 4.69) is 10.6 Å². The van der Waals surface area contributed by atoms with Crippen molar-refractivity contribution >= 4 is 38.9 Å². The van der Waals surface area contributed by atoms with E-state index in [1.807, 2.05) is 26.0 Å². The van der Waals surface area contributed by atoms with Gasteiger partial charge in [-0.05, 0) is 53.8 Å². The van der Waals surface area contributed by atoms with Gasteiger partial charge in [-0.15, -0.1) is 0 Å². The molecule has 8 nitrogen and oxygen atoms in total. The lowest BCUT2D eigenvalue weighted by atomic mass is 9.67. The molecule has 0 bridgehead atoms. The lowest BCUT2D eigenvalue weighted by molar-refractivity contribution is -0.118. The molecular formula is C26H28ClN5O3S. The first-order valence-corrected chi connectivity index (χ1v) is 13.6. The number of carbonyl (C=O) groups excluding carboxylic acids is 1. The summed E-state index contributed by atoms with van der Waals surface area (Å²) in [6.07, 6.45) is 0.978. The number of primary sulfonamides is 1. The maximum absolute atomic E-state index is 13.8. The van der Waals surface area contributed by atoms with Gasteiger partial charge in [0.15, 0.2) is 5.78 Å². The number of ketones is 1. The number of sulfonamides is 1. The van der Waals surface area contributed by atoms with Gasteiger partial charge in [0.25, 0.3) is 0 Å². The number of benzene rings is 2. The standard InChI is InChI=1S/C26H28ClN5O3S/c1-26(2)13-19-22(20(33)14-26)21(15-3-5-16(27)6-4-15)23(25-30-11-12-31-25)24(28)32(19)17-7-9-18(10-8-17)36(29,34)35/h3-10,21,28,30-31H,11-14H2,1-2H3,(H2,29,34,35). The second-order valence-electron chi connectivity index (χ2n) is 10.2. The first-order chi connectivity index (χ1) is 17.0. The zero-order valence-electron chi connectivity index (χ0n) is 20.1. The van der Waals surface area contributed by atoms with E-state index in [1.54, 1.807) is 29.2 Å². The average Bonchev–Trinajstić information content (AvgIpc) is 3.32. The number of carbonyl (C=O) groups is 1. The number of allylic oxidation sites excluding steroid dienone is 2. The van der Waals surface area contributed by atoms with Crippen LogP contribution in [0.2, 0.25) is 5.02 Å². The topological polar surface area (TPSA) is 128 Å². The Morgan fingerprint density at radius 2 is 1.61 bits per heavy atom. The van der Waals surface area contributed by atoms with E-state index in [0.717, 1.165) is 17.1 Å². The highest BCUT2D eigenvalue weighted by Crippen LogP contribution is 2.50. The number of nitrogens with two attached hydrogens (primary N) is 1. The molecule has 0 aromatic heterocycles. The van der Waals surface area contributed by atoms with E-state index >= 15 is 0 Å². The lowest BCUT2D eigenvalue weighted by Gasteiger charge is -2.45. The molecule has 1 aliphatic carbocycles. The van der Waals surface area contributed by atoms with Crippen molar-refractivity contribution in [3.8, 4) is 0 Å². The summed E-state index contributed by atoms with van der Waals surface area (Å²) in [4.78, 5) is 15.5. The predicted molar refractivity (Wildman–Crippen MR) is 140 cm³/mol. The molecule has 1 unspecified atom stereocenters. The van der Waals surface area contributed by atoms with Gasteiger partial charge in [-0.3, -0.25) is 15.1 Å². The fraction of sp³-hybridized carbons (Fsp3) is 0.308. The third-order valence-electron chi connectivity index (χ3n) is 6.85. The van der Waals surface area contributed by atoms with Crippen LogP contribution in [0.25, 0.3) is 0 Å². The van der Waals surface area contributed by atoms with Crippen molar-refractivity contribution in [1.82, 2.24) is 10.6 Å². The van der Waals surface area contributed by atoms with Crippen LogP contribution in [0, 0.1) is 10.8 Å². The summed E-state index contributed by atoms with van der Waals surface area (Å²) < 4.78 is 23.7. The zero-order chi connectivity index (χ0) is 25.8. The molecule has 36 heavy (non-hydrogen) atoms. The number of Topliss-reactive ketones (excluding diaryl/α,β-unsaturated/α-hetero) is 1. The van der Waals surface area contributed by atoms with Crippen LogP contribution in [0.3, 0.4) is 0 Å². The van der Waals surface area contributed by atoms with Crippen molar-refractivity contribution in [2.45, 2.75) is 37.5 Å². The minimum absolute atomic E-state index is 0.0132. The number of halogens is 1. The fourth-order valence-electron chi connectivity index (χ4n) is 5.31. The highest BCUT2D eigenvalue weighted by atomic mass is 35.5. The number of hydrogen-bond donors (Lipinski definition) is 4.